The second kappa shape index (κ2) is 15.6. The van der Waals surface area contributed by atoms with Crippen LogP contribution in [0.5, 0.6) is 0 Å². The third-order valence-electron chi connectivity index (χ3n) is 16.0. The molecule has 0 spiro atoms. The van der Waals surface area contributed by atoms with Gasteiger partial charge < -0.3 is 9.13 Å². The van der Waals surface area contributed by atoms with E-state index in [-0.39, 0.29) is 11.8 Å². The number of benzene rings is 11. The van der Waals surface area contributed by atoms with Crippen molar-refractivity contribution in [2.75, 3.05) is 0 Å². The first-order chi connectivity index (χ1) is 35.3. The van der Waals surface area contributed by atoms with Crippen molar-refractivity contribution in [2.45, 2.75) is 11.8 Å². The first kappa shape index (κ1) is 40.2. The Balaban J connectivity index is 0.904. The van der Waals surface area contributed by atoms with E-state index in [1.165, 1.54) is 115 Å². The van der Waals surface area contributed by atoms with Gasteiger partial charge in [0.2, 0.25) is 0 Å². The molecule has 0 saturated heterocycles. The van der Waals surface area contributed by atoms with Gasteiger partial charge in [-0.05, 0) is 114 Å². The average molecular weight is 919 g/mol. The zero-order chi connectivity index (χ0) is 46.6. The van der Waals surface area contributed by atoms with Crippen molar-refractivity contribution < 1.29 is 0 Å². The molecule has 0 saturated carbocycles. The van der Waals surface area contributed by atoms with Gasteiger partial charge >= 0.3 is 0 Å². The highest BCUT2D eigenvalue weighted by Crippen LogP contribution is 2.58. The monoisotopic (exact) mass is 918 g/mol. The summed E-state index contributed by atoms with van der Waals surface area (Å²) >= 11 is 0. The van der Waals surface area contributed by atoms with Crippen LogP contribution >= 0.6 is 0 Å². The summed E-state index contributed by atoms with van der Waals surface area (Å²) < 4.78 is 4.99. The molecule has 0 amide bonds. The molecule has 13 aromatic rings. The Labute approximate surface area is 414 Å². The van der Waals surface area contributed by atoms with Gasteiger partial charge in [-0.25, -0.2) is 0 Å². The van der Waals surface area contributed by atoms with Crippen molar-refractivity contribution in [1.82, 2.24) is 9.13 Å². The molecule has 0 atom stereocenters. The molecule has 0 N–H and O–H groups in total. The van der Waals surface area contributed by atoms with Gasteiger partial charge in [0, 0.05) is 44.8 Å². The Morgan fingerprint density at radius 2 is 0.732 bits per heavy atom. The van der Waals surface area contributed by atoms with Crippen LogP contribution in [-0.4, -0.2) is 17.2 Å². The molecular weight excluding hydrogens is 873 g/mol. The minimum atomic E-state index is -2.82. The highest BCUT2D eigenvalue weighted by atomic mass is 28.3. The number of nitrogens with zero attached hydrogens (tertiary/aromatic N) is 2. The molecule has 0 aliphatic heterocycles. The predicted octanol–water partition coefficient (Wildman–Crippen LogP) is 13.9. The number of hydrogen-bond donors (Lipinski definition) is 0. The van der Waals surface area contributed by atoms with Crippen LogP contribution in [0.1, 0.15) is 45.2 Å². The SMILES string of the molecule is c1ccc(-c2cccc([Si](c3ccccc3)(c3ccccc3)c3ccc(-n4c5ccccc5c5cc(-n6c7ccccc7c7c8c(ccc76)C6c7ccccc7C8c7ccccc76)ccc54)cc3)c2)cc1. The van der Waals surface area contributed by atoms with E-state index in [0.29, 0.717) is 0 Å². The number of rotatable bonds is 7. The normalized spacial score (nSPS) is 14.8. The summed E-state index contributed by atoms with van der Waals surface area (Å²) in [6.07, 6.45) is 0. The summed E-state index contributed by atoms with van der Waals surface area (Å²) in [7, 11) is -2.82. The molecule has 2 aromatic heterocycles. The number of hydrogen-bond acceptors (Lipinski definition) is 0. The summed E-state index contributed by atoms with van der Waals surface area (Å²) in [6, 6.07) is 100. The zero-order valence-corrected chi connectivity index (χ0v) is 40.0. The van der Waals surface area contributed by atoms with E-state index in [9.17, 15) is 0 Å². The van der Waals surface area contributed by atoms with Crippen molar-refractivity contribution in [2.24, 2.45) is 0 Å². The van der Waals surface area contributed by atoms with E-state index >= 15 is 0 Å². The van der Waals surface area contributed by atoms with Gasteiger partial charge in [0.25, 0.3) is 0 Å². The lowest BCUT2D eigenvalue weighted by molar-refractivity contribution is 0.761. The van der Waals surface area contributed by atoms with Gasteiger partial charge in [0.05, 0.1) is 22.1 Å². The summed E-state index contributed by atoms with van der Waals surface area (Å²) in [5.74, 6) is 0.414. The molecule has 332 valence electrons. The minimum Gasteiger partial charge on any atom is -0.309 e. The third kappa shape index (κ3) is 5.75. The van der Waals surface area contributed by atoms with Crippen LogP contribution in [0.2, 0.25) is 0 Å². The van der Waals surface area contributed by atoms with Gasteiger partial charge in [-0.2, -0.15) is 0 Å². The second-order valence-electron chi connectivity index (χ2n) is 19.5. The zero-order valence-electron chi connectivity index (χ0n) is 39.0. The Morgan fingerprint density at radius 3 is 1.39 bits per heavy atom. The molecule has 3 aliphatic carbocycles. The molecule has 11 aromatic carbocycles. The third-order valence-corrected chi connectivity index (χ3v) is 20.8. The van der Waals surface area contributed by atoms with Crippen molar-refractivity contribution >= 4 is 72.4 Å². The van der Waals surface area contributed by atoms with E-state index in [1.807, 2.05) is 0 Å². The highest BCUT2D eigenvalue weighted by Gasteiger charge is 2.43. The van der Waals surface area contributed by atoms with Crippen LogP contribution in [0.3, 0.4) is 0 Å². The number of fused-ring (bicyclic) bond motifs is 6. The molecule has 2 heterocycles. The van der Waals surface area contributed by atoms with Crippen molar-refractivity contribution in [1.29, 1.82) is 0 Å². The van der Waals surface area contributed by atoms with Gasteiger partial charge in [-0.1, -0.05) is 218 Å². The highest BCUT2D eigenvalue weighted by molar-refractivity contribution is 7.19. The van der Waals surface area contributed by atoms with E-state index in [1.54, 1.807) is 0 Å². The average Bonchev–Trinajstić information content (AvgIpc) is 3.97. The molecule has 16 rings (SSSR count). The summed E-state index contributed by atoms with van der Waals surface area (Å²) in [5.41, 5.74) is 18.4. The van der Waals surface area contributed by atoms with Crippen molar-refractivity contribution in [3.63, 3.8) is 0 Å². The van der Waals surface area contributed by atoms with Gasteiger partial charge in [0.1, 0.15) is 0 Å². The molecule has 2 bridgehead atoms. The smallest absolute Gasteiger partial charge is 0.179 e. The second-order valence-corrected chi connectivity index (χ2v) is 23.3. The quantitative estimate of drug-likeness (QED) is 0.111. The lowest BCUT2D eigenvalue weighted by Crippen LogP contribution is -2.74. The van der Waals surface area contributed by atoms with E-state index in [4.69, 9.17) is 0 Å². The fourth-order valence-electron chi connectivity index (χ4n) is 13.2. The molecule has 3 heteroatoms. The maximum atomic E-state index is 2.52. The first-order valence-corrected chi connectivity index (χ1v) is 26.9. The Morgan fingerprint density at radius 1 is 0.268 bits per heavy atom. The lowest BCUT2D eigenvalue weighted by Gasteiger charge is -2.42. The molecule has 71 heavy (non-hydrogen) atoms. The van der Waals surface area contributed by atoms with Crippen LogP contribution in [0.15, 0.2) is 267 Å². The van der Waals surface area contributed by atoms with Crippen molar-refractivity contribution in [3.05, 3.63) is 300 Å². The van der Waals surface area contributed by atoms with Gasteiger partial charge in [-0.3, -0.25) is 0 Å². The van der Waals surface area contributed by atoms with Crippen molar-refractivity contribution in [3.8, 4) is 22.5 Å². The summed E-state index contributed by atoms with van der Waals surface area (Å²) in [5, 5.41) is 10.6. The molecule has 2 nitrogen and oxygen atoms in total. The Kier molecular flexibility index (Phi) is 8.84. The first-order valence-electron chi connectivity index (χ1n) is 24.9. The number of aromatic nitrogens is 2. The van der Waals surface area contributed by atoms with Crippen LogP contribution < -0.4 is 20.7 Å². The number of para-hydroxylation sites is 2. The molecule has 0 fully saturated rings. The van der Waals surface area contributed by atoms with Gasteiger partial charge in [0.15, 0.2) is 8.07 Å². The molecular formula is C68H46N2Si. The van der Waals surface area contributed by atoms with Gasteiger partial charge in [-0.15, -0.1) is 0 Å². The van der Waals surface area contributed by atoms with Crippen LogP contribution in [-0.2, 0) is 0 Å². The fraction of sp³-hybridized carbons (Fsp3) is 0.0294. The van der Waals surface area contributed by atoms with Crippen LogP contribution in [0, 0.1) is 0 Å². The maximum absolute atomic E-state index is 2.82. The molecule has 3 aliphatic rings. The topological polar surface area (TPSA) is 9.86 Å². The van der Waals surface area contributed by atoms with Crippen LogP contribution in [0.4, 0.5) is 0 Å². The lowest BCUT2D eigenvalue weighted by atomic mass is 9.60. The molecule has 0 unspecified atom stereocenters. The Bertz CT molecular complexity index is 4140. The molecule has 0 radical (unpaired) electrons. The maximum Gasteiger partial charge on any atom is 0.179 e. The van der Waals surface area contributed by atoms with E-state index in [2.05, 4.69) is 276 Å². The predicted molar refractivity (Wildman–Crippen MR) is 299 cm³/mol. The fourth-order valence-corrected chi connectivity index (χ4v) is 17.9. The Hall–Kier alpha value is -8.76. The van der Waals surface area contributed by atoms with Crippen LogP contribution in [0.25, 0.3) is 66.1 Å². The minimum absolute atomic E-state index is 0.185. The largest absolute Gasteiger partial charge is 0.309 e. The summed E-state index contributed by atoms with van der Waals surface area (Å²) in [4.78, 5) is 0. The summed E-state index contributed by atoms with van der Waals surface area (Å²) in [6.45, 7) is 0. The standard InChI is InChI=1S/C68H46N2Si/c1-4-19-45(20-5-1)46-21-18-26-52(43-46)71(49-22-6-2-7-23-49,50-24-8-3-9-25-50)51-38-35-47(36-39-51)69-61-33-16-14-27-53(61)60-44-48(37-41-63(60)69)70-62-34-17-15-32-58(62)67-64(70)42-40-59-65-54-28-10-12-30-56(54)66(68(59)67)57-31-13-11-29-55(57)65/h1-44,65-66H. The van der Waals surface area contributed by atoms with E-state index in [0.717, 1.165) is 5.69 Å². The van der Waals surface area contributed by atoms with E-state index < -0.39 is 8.07 Å².